The van der Waals surface area contributed by atoms with Gasteiger partial charge in [-0.25, -0.2) is 0 Å². The van der Waals surface area contributed by atoms with Gasteiger partial charge >= 0.3 is 0 Å². The highest BCUT2D eigenvalue weighted by molar-refractivity contribution is 8.04. The second kappa shape index (κ2) is 7.61. The van der Waals surface area contributed by atoms with Crippen LogP contribution in [0.2, 0.25) is 0 Å². The number of carbonyl (C=O) groups excluding carboxylic acids is 2. The Morgan fingerprint density at radius 1 is 1.08 bits per heavy atom. The summed E-state index contributed by atoms with van der Waals surface area (Å²) in [6.07, 6.45) is 1.53. The largest absolute Gasteiger partial charge is 0.494 e. The van der Waals surface area contributed by atoms with Crippen LogP contribution in [0.25, 0.3) is 5.57 Å². The summed E-state index contributed by atoms with van der Waals surface area (Å²) in [6, 6.07) is 10.8. The molecule has 3 rings (SSSR count). The molecule has 0 saturated heterocycles. The topological polar surface area (TPSA) is 59.8 Å². The third-order valence-corrected chi connectivity index (χ3v) is 4.72. The first-order chi connectivity index (χ1) is 12.2. The normalized spacial score (nSPS) is 14.6. The Bertz CT molecular complexity index is 793. The van der Waals surface area contributed by atoms with E-state index >= 15 is 0 Å². The lowest BCUT2D eigenvalue weighted by Crippen LogP contribution is -2.30. The summed E-state index contributed by atoms with van der Waals surface area (Å²) in [6.45, 7) is 4.59. The average Bonchev–Trinajstić information content (AvgIpc) is 3.20. The number of furan rings is 1. The Hall–Kier alpha value is -2.47. The van der Waals surface area contributed by atoms with Gasteiger partial charge in [-0.05, 0) is 42.5 Å². The van der Waals surface area contributed by atoms with E-state index in [1.165, 1.54) is 22.9 Å². The van der Waals surface area contributed by atoms with Crippen LogP contribution in [0.15, 0.2) is 52.0 Å². The van der Waals surface area contributed by atoms with E-state index in [1.54, 1.807) is 12.1 Å². The maximum atomic E-state index is 12.9. The fourth-order valence-electron chi connectivity index (χ4n) is 2.67. The molecule has 0 aliphatic carbocycles. The van der Waals surface area contributed by atoms with Gasteiger partial charge in [0.25, 0.3) is 11.8 Å². The molecule has 0 unspecified atom stereocenters. The molecule has 5 nitrogen and oxygen atoms in total. The zero-order valence-corrected chi connectivity index (χ0v) is 15.0. The number of rotatable bonds is 7. The van der Waals surface area contributed by atoms with E-state index in [0.29, 0.717) is 28.6 Å². The van der Waals surface area contributed by atoms with E-state index in [0.717, 1.165) is 11.3 Å². The minimum atomic E-state index is -0.290. The third kappa shape index (κ3) is 3.49. The van der Waals surface area contributed by atoms with Gasteiger partial charge in [0.05, 0.1) is 29.9 Å². The molecular formula is C19H19NO4S. The van der Waals surface area contributed by atoms with Crippen LogP contribution in [-0.2, 0) is 16.1 Å². The van der Waals surface area contributed by atoms with Gasteiger partial charge in [-0.3, -0.25) is 14.5 Å². The number of hydrogen-bond donors (Lipinski definition) is 0. The van der Waals surface area contributed by atoms with Gasteiger partial charge in [-0.1, -0.05) is 19.1 Å². The standard InChI is InChI=1S/C19H19NO4S/c1-3-23-14-9-7-13(8-10-14)16-17(25-4-2)19(22)20(18(16)21)12-15-6-5-11-24-15/h5-11H,3-4,12H2,1-2H3. The number of carbonyl (C=O) groups is 2. The quantitative estimate of drug-likeness (QED) is 0.707. The lowest BCUT2D eigenvalue weighted by Gasteiger charge is -2.13. The molecule has 1 aliphatic rings. The highest BCUT2D eigenvalue weighted by Gasteiger charge is 2.39. The molecule has 0 radical (unpaired) electrons. The maximum absolute atomic E-state index is 12.9. The average molecular weight is 357 g/mol. The molecule has 0 fully saturated rings. The molecule has 0 bridgehead atoms. The van der Waals surface area contributed by atoms with Crippen LogP contribution >= 0.6 is 11.8 Å². The predicted molar refractivity (Wildman–Crippen MR) is 96.9 cm³/mol. The van der Waals surface area contributed by atoms with Crippen LogP contribution in [0.1, 0.15) is 25.2 Å². The zero-order valence-electron chi connectivity index (χ0n) is 14.2. The van der Waals surface area contributed by atoms with Crippen molar-refractivity contribution in [2.75, 3.05) is 12.4 Å². The van der Waals surface area contributed by atoms with Crippen molar-refractivity contribution in [2.24, 2.45) is 0 Å². The molecule has 0 atom stereocenters. The van der Waals surface area contributed by atoms with Crippen molar-refractivity contribution >= 4 is 29.1 Å². The van der Waals surface area contributed by atoms with E-state index in [9.17, 15) is 9.59 Å². The van der Waals surface area contributed by atoms with Crippen molar-refractivity contribution in [3.05, 3.63) is 58.9 Å². The molecule has 6 heteroatoms. The van der Waals surface area contributed by atoms with Crippen LogP contribution in [0.5, 0.6) is 5.75 Å². The van der Waals surface area contributed by atoms with Crippen LogP contribution in [0, 0.1) is 0 Å². The lowest BCUT2D eigenvalue weighted by molar-refractivity contribution is -0.137. The fourth-order valence-corrected chi connectivity index (χ4v) is 3.54. The monoisotopic (exact) mass is 357 g/mol. The molecule has 1 aromatic heterocycles. The van der Waals surface area contributed by atoms with E-state index in [1.807, 2.05) is 38.1 Å². The molecule has 2 aromatic rings. The van der Waals surface area contributed by atoms with E-state index in [4.69, 9.17) is 9.15 Å². The molecule has 1 aliphatic heterocycles. The van der Waals surface area contributed by atoms with Gasteiger partial charge in [0.2, 0.25) is 0 Å². The number of imide groups is 1. The van der Waals surface area contributed by atoms with Crippen LogP contribution < -0.4 is 4.74 Å². The summed E-state index contributed by atoms with van der Waals surface area (Å²) in [7, 11) is 0. The Balaban J connectivity index is 1.93. The molecule has 0 saturated carbocycles. The summed E-state index contributed by atoms with van der Waals surface area (Å²) in [4.78, 5) is 27.4. The van der Waals surface area contributed by atoms with E-state index in [2.05, 4.69) is 0 Å². The second-order valence-corrected chi connectivity index (χ2v) is 6.64. The summed E-state index contributed by atoms with van der Waals surface area (Å²) < 4.78 is 10.7. The Kier molecular flexibility index (Phi) is 5.28. The highest BCUT2D eigenvalue weighted by Crippen LogP contribution is 2.37. The first kappa shape index (κ1) is 17.4. The molecular weight excluding hydrogens is 338 g/mol. The number of ether oxygens (including phenoxy) is 1. The summed E-state index contributed by atoms with van der Waals surface area (Å²) in [5, 5.41) is 0. The Morgan fingerprint density at radius 2 is 1.84 bits per heavy atom. The van der Waals surface area contributed by atoms with Gasteiger partial charge in [0.1, 0.15) is 11.5 Å². The van der Waals surface area contributed by atoms with Crippen LogP contribution in [0.3, 0.4) is 0 Å². The maximum Gasteiger partial charge on any atom is 0.268 e. The van der Waals surface area contributed by atoms with Crippen LogP contribution in [-0.4, -0.2) is 29.1 Å². The minimum absolute atomic E-state index is 0.138. The Morgan fingerprint density at radius 3 is 2.44 bits per heavy atom. The third-order valence-electron chi connectivity index (χ3n) is 3.76. The molecule has 25 heavy (non-hydrogen) atoms. The SMILES string of the molecule is CCOc1ccc(C2=C(SCC)C(=O)N(Cc3ccco3)C2=O)cc1. The molecule has 130 valence electrons. The Labute approximate surface area is 150 Å². The van der Waals surface area contributed by atoms with Gasteiger partial charge in [-0.2, -0.15) is 0 Å². The first-order valence-corrected chi connectivity index (χ1v) is 9.13. The number of thioether (sulfide) groups is 1. The lowest BCUT2D eigenvalue weighted by atomic mass is 10.1. The molecule has 0 spiro atoms. The summed E-state index contributed by atoms with van der Waals surface area (Å²) in [5.41, 5.74) is 1.17. The van der Waals surface area contributed by atoms with Crippen molar-refractivity contribution in [3.8, 4) is 5.75 Å². The van der Waals surface area contributed by atoms with Gasteiger partial charge in [0.15, 0.2) is 0 Å². The van der Waals surface area contributed by atoms with E-state index in [-0.39, 0.29) is 18.4 Å². The zero-order chi connectivity index (χ0) is 17.8. The highest BCUT2D eigenvalue weighted by atomic mass is 32.2. The molecule has 1 aromatic carbocycles. The number of benzene rings is 1. The number of amides is 2. The van der Waals surface area contributed by atoms with Crippen LogP contribution in [0.4, 0.5) is 0 Å². The van der Waals surface area contributed by atoms with Crippen molar-refractivity contribution < 1.29 is 18.7 Å². The number of hydrogen-bond acceptors (Lipinski definition) is 5. The molecule has 2 amide bonds. The molecule has 0 N–H and O–H groups in total. The van der Waals surface area contributed by atoms with Gasteiger partial charge in [0, 0.05) is 0 Å². The fraction of sp³-hybridized carbons (Fsp3) is 0.263. The van der Waals surface area contributed by atoms with E-state index < -0.39 is 0 Å². The summed E-state index contributed by atoms with van der Waals surface area (Å²) in [5.74, 6) is 1.47. The second-order valence-electron chi connectivity index (χ2n) is 5.37. The first-order valence-electron chi connectivity index (χ1n) is 8.14. The summed E-state index contributed by atoms with van der Waals surface area (Å²) >= 11 is 1.39. The van der Waals surface area contributed by atoms with Crippen molar-refractivity contribution in [1.29, 1.82) is 0 Å². The minimum Gasteiger partial charge on any atom is -0.494 e. The number of nitrogens with zero attached hydrogens (tertiary/aromatic N) is 1. The van der Waals surface area contributed by atoms with Gasteiger partial charge < -0.3 is 9.15 Å². The molecule has 2 heterocycles. The smallest absolute Gasteiger partial charge is 0.268 e. The van der Waals surface area contributed by atoms with Gasteiger partial charge in [-0.15, -0.1) is 11.8 Å². The predicted octanol–water partition coefficient (Wildman–Crippen LogP) is 3.71. The van der Waals surface area contributed by atoms with Crippen molar-refractivity contribution in [3.63, 3.8) is 0 Å². The van der Waals surface area contributed by atoms with Crippen molar-refractivity contribution in [2.45, 2.75) is 20.4 Å². The van der Waals surface area contributed by atoms with Crippen molar-refractivity contribution in [1.82, 2.24) is 4.90 Å².